The Morgan fingerprint density at radius 2 is 2.32 bits per heavy atom. The lowest BCUT2D eigenvalue weighted by molar-refractivity contribution is -0.0868. The molecular weight excluding hydrogens is 245 g/mol. The van der Waals surface area contributed by atoms with Crippen molar-refractivity contribution in [3.8, 4) is 0 Å². The molecule has 1 saturated heterocycles. The Morgan fingerprint density at radius 3 is 3.05 bits per heavy atom. The molecule has 1 fully saturated rings. The quantitative estimate of drug-likeness (QED) is 0.902. The van der Waals surface area contributed by atoms with Gasteiger partial charge in [-0.15, -0.1) is 0 Å². The van der Waals surface area contributed by atoms with Gasteiger partial charge < -0.3 is 9.84 Å². The van der Waals surface area contributed by atoms with Crippen molar-refractivity contribution in [2.75, 3.05) is 26.2 Å². The number of likely N-dealkylation sites (N-methyl/N-ethyl adjacent to an activating group) is 1. The Labute approximate surface area is 114 Å². The highest BCUT2D eigenvalue weighted by atomic mass is 19.1. The van der Waals surface area contributed by atoms with Crippen molar-refractivity contribution in [2.45, 2.75) is 32.5 Å². The molecule has 0 amide bonds. The van der Waals surface area contributed by atoms with E-state index in [0.717, 1.165) is 30.8 Å². The summed E-state index contributed by atoms with van der Waals surface area (Å²) in [5.41, 5.74) is 1.85. The van der Waals surface area contributed by atoms with E-state index in [1.807, 2.05) is 6.92 Å². The molecule has 0 aliphatic carbocycles. The highest BCUT2D eigenvalue weighted by Crippen LogP contribution is 2.17. The van der Waals surface area contributed by atoms with Crippen LogP contribution >= 0.6 is 0 Å². The fourth-order valence-electron chi connectivity index (χ4n) is 2.47. The number of hydrogen-bond donors (Lipinski definition) is 1. The number of rotatable bonds is 4. The molecule has 1 heterocycles. The van der Waals surface area contributed by atoms with Gasteiger partial charge in [-0.3, -0.25) is 4.90 Å². The van der Waals surface area contributed by atoms with E-state index in [4.69, 9.17) is 4.74 Å². The van der Waals surface area contributed by atoms with Crippen molar-refractivity contribution in [3.63, 3.8) is 0 Å². The Bertz CT molecular complexity index is 425. The molecule has 0 bridgehead atoms. The van der Waals surface area contributed by atoms with E-state index in [1.165, 1.54) is 12.1 Å². The number of aliphatic hydroxyl groups is 1. The second kappa shape index (κ2) is 6.46. The first-order valence-corrected chi connectivity index (χ1v) is 6.87. The van der Waals surface area contributed by atoms with Gasteiger partial charge >= 0.3 is 0 Å². The minimum atomic E-state index is -0.588. The smallest absolute Gasteiger partial charge is 0.123 e. The van der Waals surface area contributed by atoms with Gasteiger partial charge in [0.15, 0.2) is 0 Å². The summed E-state index contributed by atoms with van der Waals surface area (Å²) >= 11 is 0. The molecule has 0 spiro atoms. The van der Waals surface area contributed by atoms with Gasteiger partial charge in [0.1, 0.15) is 5.82 Å². The number of benzene rings is 1. The van der Waals surface area contributed by atoms with Gasteiger partial charge in [0, 0.05) is 19.5 Å². The SMILES string of the molecule is CCN1CCOC(C(O)Cc2cc(F)ccc2C)C1. The number of nitrogens with zero attached hydrogens (tertiary/aromatic N) is 1. The van der Waals surface area contributed by atoms with Crippen LogP contribution in [0.4, 0.5) is 4.39 Å². The third-order valence-electron chi connectivity index (χ3n) is 3.79. The van der Waals surface area contributed by atoms with E-state index in [0.29, 0.717) is 13.0 Å². The van der Waals surface area contributed by atoms with Gasteiger partial charge in [-0.25, -0.2) is 4.39 Å². The summed E-state index contributed by atoms with van der Waals surface area (Å²) < 4.78 is 18.9. The summed E-state index contributed by atoms with van der Waals surface area (Å²) in [7, 11) is 0. The van der Waals surface area contributed by atoms with Crippen LogP contribution in [0.3, 0.4) is 0 Å². The van der Waals surface area contributed by atoms with Gasteiger partial charge in [-0.2, -0.15) is 0 Å². The molecule has 0 radical (unpaired) electrons. The van der Waals surface area contributed by atoms with Crippen molar-refractivity contribution in [1.82, 2.24) is 4.90 Å². The Kier molecular flexibility index (Phi) is 4.91. The lowest BCUT2D eigenvalue weighted by atomic mass is 9.99. The molecule has 1 aliphatic rings. The summed E-state index contributed by atoms with van der Waals surface area (Å²) in [5.74, 6) is -0.257. The van der Waals surface area contributed by atoms with Gasteiger partial charge in [0.05, 0.1) is 18.8 Å². The van der Waals surface area contributed by atoms with E-state index < -0.39 is 6.10 Å². The van der Waals surface area contributed by atoms with E-state index in [-0.39, 0.29) is 11.9 Å². The fourth-order valence-corrected chi connectivity index (χ4v) is 2.47. The molecule has 0 aromatic heterocycles. The number of ether oxygens (including phenoxy) is 1. The lowest BCUT2D eigenvalue weighted by Crippen LogP contribution is -2.48. The van der Waals surface area contributed by atoms with Crippen LogP contribution in [-0.2, 0) is 11.2 Å². The second-order valence-corrected chi connectivity index (χ2v) is 5.14. The molecule has 0 saturated carbocycles. The largest absolute Gasteiger partial charge is 0.390 e. The molecule has 2 unspecified atom stereocenters. The van der Waals surface area contributed by atoms with Crippen LogP contribution in [0.5, 0.6) is 0 Å². The predicted molar refractivity (Wildman–Crippen MR) is 72.7 cm³/mol. The van der Waals surface area contributed by atoms with Crippen LogP contribution in [0.1, 0.15) is 18.1 Å². The zero-order valence-corrected chi connectivity index (χ0v) is 11.6. The van der Waals surface area contributed by atoms with Crippen LogP contribution in [0, 0.1) is 12.7 Å². The summed E-state index contributed by atoms with van der Waals surface area (Å²) in [6.45, 7) is 7.31. The van der Waals surface area contributed by atoms with Crippen molar-refractivity contribution >= 4 is 0 Å². The molecule has 1 aliphatic heterocycles. The number of aryl methyl sites for hydroxylation is 1. The molecule has 4 heteroatoms. The molecule has 19 heavy (non-hydrogen) atoms. The van der Waals surface area contributed by atoms with Crippen molar-refractivity contribution < 1.29 is 14.2 Å². The molecule has 2 rings (SSSR count). The maximum atomic E-state index is 13.2. The van der Waals surface area contributed by atoms with Crippen LogP contribution < -0.4 is 0 Å². The number of hydrogen-bond acceptors (Lipinski definition) is 3. The Hall–Kier alpha value is -0.970. The standard InChI is InChI=1S/C15H22FNO2/c1-3-17-6-7-19-15(10-17)14(18)9-12-8-13(16)5-4-11(12)2/h4-5,8,14-15,18H,3,6-7,9-10H2,1-2H3. The summed E-state index contributed by atoms with van der Waals surface area (Å²) in [6, 6.07) is 4.69. The molecule has 1 N–H and O–H groups in total. The fraction of sp³-hybridized carbons (Fsp3) is 0.600. The molecule has 3 nitrogen and oxygen atoms in total. The van der Waals surface area contributed by atoms with Crippen molar-refractivity contribution in [3.05, 3.63) is 35.1 Å². The summed E-state index contributed by atoms with van der Waals surface area (Å²) in [6.07, 6.45) is -0.336. The van der Waals surface area contributed by atoms with E-state index in [2.05, 4.69) is 11.8 Å². The van der Waals surface area contributed by atoms with Gasteiger partial charge in [-0.05, 0) is 36.7 Å². The van der Waals surface area contributed by atoms with E-state index in [9.17, 15) is 9.50 Å². The maximum Gasteiger partial charge on any atom is 0.123 e. The average molecular weight is 267 g/mol. The topological polar surface area (TPSA) is 32.7 Å². The molecule has 1 aromatic carbocycles. The van der Waals surface area contributed by atoms with Gasteiger partial charge in [0.2, 0.25) is 0 Å². The van der Waals surface area contributed by atoms with Crippen LogP contribution in [0.15, 0.2) is 18.2 Å². The highest BCUT2D eigenvalue weighted by Gasteiger charge is 2.26. The number of morpholine rings is 1. The number of halogens is 1. The summed E-state index contributed by atoms with van der Waals surface area (Å²) in [4.78, 5) is 2.26. The average Bonchev–Trinajstić information content (AvgIpc) is 2.43. The molecule has 106 valence electrons. The van der Waals surface area contributed by atoms with Crippen molar-refractivity contribution in [1.29, 1.82) is 0 Å². The van der Waals surface area contributed by atoms with Gasteiger partial charge in [0.25, 0.3) is 0 Å². The highest BCUT2D eigenvalue weighted by molar-refractivity contribution is 5.27. The van der Waals surface area contributed by atoms with Crippen LogP contribution in [0.2, 0.25) is 0 Å². The van der Waals surface area contributed by atoms with E-state index >= 15 is 0 Å². The minimum absolute atomic E-state index is 0.184. The zero-order valence-electron chi connectivity index (χ0n) is 11.6. The van der Waals surface area contributed by atoms with E-state index in [1.54, 1.807) is 6.07 Å². The molecular formula is C15H22FNO2. The first-order chi connectivity index (χ1) is 9.10. The normalized spacial score (nSPS) is 22.4. The maximum absolute atomic E-state index is 13.2. The second-order valence-electron chi connectivity index (χ2n) is 5.14. The lowest BCUT2D eigenvalue weighted by Gasteiger charge is -2.34. The van der Waals surface area contributed by atoms with Gasteiger partial charge in [-0.1, -0.05) is 13.0 Å². The first-order valence-electron chi connectivity index (χ1n) is 6.87. The molecule has 2 atom stereocenters. The third kappa shape index (κ3) is 3.75. The monoisotopic (exact) mass is 267 g/mol. The minimum Gasteiger partial charge on any atom is -0.390 e. The third-order valence-corrected chi connectivity index (χ3v) is 3.79. The zero-order chi connectivity index (χ0) is 13.8. The molecule has 1 aromatic rings. The van der Waals surface area contributed by atoms with Crippen LogP contribution in [-0.4, -0.2) is 48.5 Å². The predicted octanol–water partition coefficient (Wildman–Crippen LogP) is 1.76. The van der Waals surface area contributed by atoms with Crippen molar-refractivity contribution in [2.24, 2.45) is 0 Å². The number of aliphatic hydroxyl groups excluding tert-OH is 1. The Balaban J connectivity index is 2.00. The first kappa shape index (κ1) is 14.4. The summed E-state index contributed by atoms with van der Waals surface area (Å²) in [5, 5.41) is 10.3. The Morgan fingerprint density at radius 1 is 1.53 bits per heavy atom. The van der Waals surface area contributed by atoms with Crippen LogP contribution in [0.25, 0.3) is 0 Å².